The lowest BCUT2D eigenvalue weighted by Crippen LogP contribution is -2.36. The van der Waals surface area contributed by atoms with E-state index in [-0.39, 0.29) is 17.0 Å². The summed E-state index contributed by atoms with van der Waals surface area (Å²) in [6, 6.07) is 14.0. The van der Waals surface area contributed by atoms with Crippen LogP contribution in [0.4, 0.5) is 4.79 Å². The Bertz CT molecular complexity index is 848. The van der Waals surface area contributed by atoms with E-state index in [4.69, 9.17) is 5.14 Å². The summed E-state index contributed by atoms with van der Waals surface area (Å²) < 4.78 is 22.4. The molecule has 126 valence electrons. The highest BCUT2D eigenvalue weighted by atomic mass is 32.2. The first kappa shape index (κ1) is 16.5. The zero-order chi connectivity index (χ0) is 17.2. The van der Waals surface area contributed by atoms with Crippen molar-refractivity contribution in [3.63, 3.8) is 0 Å². The molecular formula is C17H19N3O3S. The van der Waals surface area contributed by atoms with E-state index in [2.05, 4.69) is 16.7 Å². The highest BCUT2D eigenvalue weighted by Gasteiger charge is 2.23. The van der Waals surface area contributed by atoms with Gasteiger partial charge in [0, 0.05) is 6.54 Å². The third-order valence-corrected chi connectivity index (χ3v) is 5.07. The number of carbonyl (C=O) groups is 1. The number of rotatable bonds is 4. The summed E-state index contributed by atoms with van der Waals surface area (Å²) in [7, 11) is -3.69. The van der Waals surface area contributed by atoms with Crippen molar-refractivity contribution in [1.29, 1.82) is 0 Å². The molecule has 0 heterocycles. The average Bonchev–Trinajstić information content (AvgIpc) is 2.96. The third-order valence-electron chi connectivity index (χ3n) is 4.14. The van der Waals surface area contributed by atoms with Crippen LogP contribution in [0.3, 0.4) is 0 Å². The fourth-order valence-electron chi connectivity index (χ4n) is 2.90. The second-order valence-corrected chi connectivity index (χ2v) is 7.37. The summed E-state index contributed by atoms with van der Waals surface area (Å²) in [5.41, 5.74) is 3.25. The highest BCUT2D eigenvalue weighted by Crippen LogP contribution is 2.30. The summed E-state index contributed by atoms with van der Waals surface area (Å²) in [4.78, 5) is 12.1. The number of primary sulfonamides is 1. The van der Waals surface area contributed by atoms with Gasteiger partial charge in [-0.2, -0.15) is 0 Å². The number of carbonyl (C=O) groups excluding carboxylic acids is 1. The fourth-order valence-corrected chi connectivity index (χ4v) is 3.41. The molecule has 0 radical (unpaired) electrons. The van der Waals surface area contributed by atoms with Crippen LogP contribution >= 0.6 is 0 Å². The van der Waals surface area contributed by atoms with Crippen LogP contribution in [0.25, 0.3) is 0 Å². The molecule has 3 rings (SSSR count). The number of aryl methyl sites for hydroxylation is 1. The molecule has 1 atom stereocenters. The van der Waals surface area contributed by atoms with E-state index >= 15 is 0 Å². The van der Waals surface area contributed by atoms with E-state index in [0.717, 1.165) is 18.4 Å². The molecule has 1 aliphatic rings. The zero-order valence-electron chi connectivity index (χ0n) is 13.0. The van der Waals surface area contributed by atoms with Gasteiger partial charge in [0.2, 0.25) is 10.0 Å². The van der Waals surface area contributed by atoms with Crippen LogP contribution in [0, 0.1) is 0 Å². The normalized spacial score (nSPS) is 16.5. The lowest BCUT2D eigenvalue weighted by molar-refractivity contribution is 0.236. The van der Waals surface area contributed by atoms with Crippen molar-refractivity contribution in [3.05, 3.63) is 65.2 Å². The molecule has 0 saturated heterocycles. The van der Waals surface area contributed by atoms with Gasteiger partial charge < -0.3 is 10.6 Å². The van der Waals surface area contributed by atoms with Crippen LogP contribution in [-0.4, -0.2) is 14.4 Å². The van der Waals surface area contributed by atoms with Crippen LogP contribution in [0.15, 0.2) is 53.4 Å². The molecule has 0 aromatic heterocycles. The number of fused-ring (bicyclic) bond motifs is 1. The van der Waals surface area contributed by atoms with Crippen LogP contribution < -0.4 is 15.8 Å². The molecular weight excluding hydrogens is 326 g/mol. The summed E-state index contributed by atoms with van der Waals surface area (Å²) in [6.07, 6.45) is 1.87. The molecule has 2 aromatic rings. The van der Waals surface area contributed by atoms with Crippen molar-refractivity contribution in [2.75, 3.05) is 0 Å². The average molecular weight is 345 g/mol. The molecule has 0 fully saturated rings. The largest absolute Gasteiger partial charge is 0.334 e. The van der Waals surface area contributed by atoms with Gasteiger partial charge in [0.05, 0.1) is 10.9 Å². The minimum atomic E-state index is -3.69. The maximum atomic E-state index is 12.1. The lowest BCUT2D eigenvalue weighted by atomic mass is 10.1. The van der Waals surface area contributed by atoms with Crippen LogP contribution in [0.1, 0.15) is 29.2 Å². The number of hydrogen-bond acceptors (Lipinski definition) is 3. The molecule has 0 unspecified atom stereocenters. The summed E-state index contributed by atoms with van der Waals surface area (Å²) in [5, 5.41) is 10.8. The number of sulfonamides is 1. The van der Waals surface area contributed by atoms with Crippen molar-refractivity contribution >= 4 is 16.1 Å². The molecule has 24 heavy (non-hydrogen) atoms. The Morgan fingerprint density at radius 2 is 1.83 bits per heavy atom. The SMILES string of the molecule is NS(=O)(=O)c1ccc(CNC(=O)N[C@@H]2CCc3ccccc32)cc1. The molecule has 0 aliphatic heterocycles. The Morgan fingerprint density at radius 1 is 1.12 bits per heavy atom. The third kappa shape index (κ3) is 3.74. The Hall–Kier alpha value is -2.38. The summed E-state index contributed by atoms with van der Waals surface area (Å²) >= 11 is 0. The van der Waals surface area contributed by atoms with E-state index in [1.165, 1.54) is 23.3 Å². The van der Waals surface area contributed by atoms with Gasteiger partial charge in [0.25, 0.3) is 0 Å². The number of hydrogen-bond donors (Lipinski definition) is 3. The van der Waals surface area contributed by atoms with Gasteiger partial charge in [-0.1, -0.05) is 36.4 Å². The predicted octanol–water partition coefficient (Wildman–Crippen LogP) is 1.82. The number of benzene rings is 2. The molecule has 2 amide bonds. The van der Waals surface area contributed by atoms with Gasteiger partial charge in [-0.05, 0) is 41.7 Å². The van der Waals surface area contributed by atoms with E-state index in [1.807, 2.05) is 18.2 Å². The molecule has 0 bridgehead atoms. The number of nitrogens with two attached hydrogens (primary N) is 1. The molecule has 0 spiro atoms. The first-order valence-corrected chi connectivity index (χ1v) is 9.22. The smallest absolute Gasteiger partial charge is 0.315 e. The molecule has 2 aromatic carbocycles. The maximum absolute atomic E-state index is 12.1. The van der Waals surface area contributed by atoms with E-state index in [0.29, 0.717) is 6.54 Å². The molecule has 0 saturated carbocycles. The minimum Gasteiger partial charge on any atom is -0.334 e. The van der Waals surface area contributed by atoms with Crippen molar-refractivity contribution in [2.24, 2.45) is 5.14 Å². The van der Waals surface area contributed by atoms with Crippen LogP contribution in [0.5, 0.6) is 0 Å². The summed E-state index contributed by atoms with van der Waals surface area (Å²) in [5.74, 6) is 0. The number of nitrogens with one attached hydrogen (secondary N) is 2. The Labute approximate surface area is 141 Å². The molecule has 1 aliphatic carbocycles. The maximum Gasteiger partial charge on any atom is 0.315 e. The van der Waals surface area contributed by atoms with Crippen molar-refractivity contribution in [1.82, 2.24) is 10.6 Å². The molecule has 6 nitrogen and oxygen atoms in total. The van der Waals surface area contributed by atoms with Gasteiger partial charge >= 0.3 is 6.03 Å². The number of amides is 2. The van der Waals surface area contributed by atoms with Gasteiger partial charge in [0.1, 0.15) is 0 Å². The van der Waals surface area contributed by atoms with Crippen molar-refractivity contribution in [3.8, 4) is 0 Å². The molecule has 4 N–H and O–H groups in total. The Morgan fingerprint density at radius 3 is 2.54 bits per heavy atom. The van der Waals surface area contributed by atoms with Gasteiger partial charge in [-0.15, -0.1) is 0 Å². The van der Waals surface area contributed by atoms with Crippen LogP contribution in [0.2, 0.25) is 0 Å². The first-order valence-electron chi connectivity index (χ1n) is 7.67. The standard InChI is InChI=1S/C17H19N3O3S/c18-24(22,23)14-8-5-12(6-9-14)11-19-17(21)20-16-10-7-13-3-1-2-4-15(13)16/h1-6,8-9,16H,7,10-11H2,(H2,18,22,23)(H2,19,20,21)/t16-/m1/s1. The summed E-state index contributed by atoms with van der Waals surface area (Å²) in [6.45, 7) is 0.311. The fraction of sp³-hybridized carbons (Fsp3) is 0.235. The second kappa shape index (κ2) is 6.62. The van der Waals surface area contributed by atoms with Gasteiger partial charge in [0.15, 0.2) is 0 Å². The van der Waals surface area contributed by atoms with Gasteiger partial charge in [-0.3, -0.25) is 0 Å². The van der Waals surface area contributed by atoms with E-state index < -0.39 is 10.0 Å². The second-order valence-electron chi connectivity index (χ2n) is 5.81. The Kier molecular flexibility index (Phi) is 4.55. The van der Waals surface area contributed by atoms with E-state index in [1.54, 1.807) is 12.1 Å². The zero-order valence-corrected chi connectivity index (χ0v) is 13.8. The van der Waals surface area contributed by atoms with Gasteiger partial charge in [-0.25, -0.2) is 18.4 Å². The number of urea groups is 1. The quantitative estimate of drug-likeness (QED) is 0.788. The lowest BCUT2D eigenvalue weighted by Gasteiger charge is -2.15. The van der Waals surface area contributed by atoms with E-state index in [9.17, 15) is 13.2 Å². The van der Waals surface area contributed by atoms with Crippen molar-refractivity contribution < 1.29 is 13.2 Å². The molecule has 7 heteroatoms. The minimum absolute atomic E-state index is 0.0333. The van der Waals surface area contributed by atoms with Crippen LogP contribution in [-0.2, 0) is 23.0 Å². The first-order chi connectivity index (χ1) is 11.4. The monoisotopic (exact) mass is 345 g/mol. The van der Waals surface area contributed by atoms with Crippen molar-refractivity contribution in [2.45, 2.75) is 30.3 Å². The predicted molar refractivity (Wildman–Crippen MR) is 90.7 cm³/mol. The Balaban J connectivity index is 1.55. The topological polar surface area (TPSA) is 101 Å². The highest BCUT2D eigenvalue weighted by molar-refractivity contribution is 7.89.